The zero-order valence-corrected chi connectivity index (χ0v) is 16.2. The van der Waals surface area contributed by atoms with Crippen LogP contribution < -0.4 is 15.1 Å². The predicted molar refractivity (Wildman–Crippen MR) is 105 cm³/mol. The van der Waals surface area contributed by atoms with E-state index in [1.165, 1.54) is 17.9 Å². The fourth-order valence-corrected chi connectivity index (χ4v) is 3.46. The number of cyclic esters (lactones) is 1. The van der Waals surface area contributed by atoms with Crippen molar-refractivity contribution in [3.05, 3.63) is 24.0 Å². The van der Waals surface area contributed by atoms with E-state index in [-0.39, 0.29) is 24.8 Å². The zero-order valence-electron chi connectivity index (χ0n) is 15.4. The Bertz CT molecular complexity index is 752. The van der Waals surface area contributed by atoms with Gasteiger partial charge in [0.2, 0.25) is 5.91 Å². The molecule has 0 spiro atoms. The third-order valence-corrected chi connectivity index (χ3v) is 5.02. The van der Waals surface area contributed by atoms with Crippen molar-refractivity contribution in [1.82, 2.24) is 10.2 Å². The lowest BCUT2D eigenvalue weighted by Gasteiger charge is -2.37. The minimum Gasteiger partial charge on any atom is -0.442 e. The molecule has 1 aromatic rings. The van der Waals surface area contributed by atoms with E-state index in [2.05, 4.69) is 10.2 Å². The Balaban J connectivity index is 1.66. The van der Waals surface area contributed by atoms with Crippen LogP contribution in [0.25, 0.3) is 0 Å². The van der Waals surface area contributed by atoms with Crippen LogP contribution in [0.4, 0.5) is 20.6 Å². The van der Waals surface area contributed by atoms with Gasteiger partial charge in [-0.15, -0.1) is 0 Å². The molecule has 7 nitrogen and oxygen atoms in total. The van der Waals surface area contributed by atoms with Crippen molar-refractivity contribution in [2.45, 2.75) is 20.0 Å². The lowest BCUT2D eigenvalue weighted by atomic mass is 10.2. The van der Waals surface area contributed by atoms with Crippen LogP contribution >= 0.6 is 12.2 Å². The molecule has 0 bridgehead atoms. The van der Waals surface area contributed by atoms with Gasteiger partial charge in [0.05, 0.1) is 29.5 Å². The van der Waals surface area contributed by atoms with Gasteiger partial charge in [-0.25, -0.2) is 9.18 Å². The number of nitrogens with one attached hydrogen (secondary N) is 1. The molecule has 9 heteroatoms. The summed E-state index contributed by atoms with van der Waals surface area (Å²) < 4.78 is 19.9. The van der Waals surface area contributed by atoms with Gasteiger partial charge in [-0.05, 0) is 25.1 Å². The molecule has 27 heavy (non-hydrogen) atoms. The second kappa shape index (κ2) is 8.08. The number of halogens is 1. The standard InChI is InChI=1S/C18H23FN4O3S/c1-12(24)20-10-15-11-23(18(25)26-15)14-3-4-17(16(19)9-14)22-7-5-21(6-8-22)13(2)27/h3-4,9,15H,5-8,10-11H2,1-2H3,(H,20,24)/t15-/m0/s1. The fourth-order valence-electron chi connectivity index (χ4n) is 3.28. The first kappa shape index (κ1) is 19.3. The molecular weight excluding hydrogens is 371 g/mol. The highest BCUT2D eigenvalue weighted by molar-refractivity contribution is 7.80. The van der Waals surface area contributed by atoms with E-state index in [1.807, 2.05) is 11.8 Å². The highest BCUT2D eigenvalue weighted by Gasteiger charge is 2.33. The molecular formula is C18H23FN4O3S. The Morgan fingerprint density at radius 1 is 1.30 bits per heavy atom. The minimum absolute atomic E-state index is 0.191. The molecule has 2 saturated heterocycles. The van der Waals surface area contributed by atoms with E-state index in [0.29, 0.717) is 24.5 Å². The molecule has 3 rings (SSSR count). The van der Waals surface area contributed by atoms with Gasteiger partial charge < -0.3 is 19.9 Å². The average molecular weight is 394 g/mol. The van der Waals surface area contributed by atoms with Gasteiger partial charge in [0.1, 0.15) is 11.9 Å². The van der Waals surface area contributed by atoms with E-state index < -0.39 is 12.2 Å². The molecule has 0 aliphatic carbocycles. The molecule has 2 heterocycles. The summed E-state index contributed by atoms with van der Waals surface area (Å²) in [7, 11) is 0. The number of carbonyl (C=O) groups is 2. The van der Waals surface area contributed by atoms with E-state index in [1.54, 1.807) is 12.1 Å². The number of ether oxygens (including phenoxy) is 1. The van der Waals surface area contributed by atoms with Crippen LogP contribution in [-0.4, -0.2) is 67.3 Å². The first-order chi connectivity index (χ1) is 12.8. The van der Waals surface area contributed by atoms with E-state index in [9.17, 15) is 14.0 Å². The summed E-state index contributed by atoms with van der Waals surface area (Å²) >= 11 is 5.19. The molecule has 0 saturated carbocycles. The number of hydrogen-bond acceptors (Lipinski definition) is 5. The third kappa shape index (κ3) is 4.47. The average Bonchev–Trinajstić information content (AvgIpc) is 3.01. The van der Waals surface area contributed by atoms with Crippen molar-refractivity contribution >= 4 is 40.6 Å². The highest BCUT2D eigenvalue weighted by atomic mass is 32.1. The van der Waals surface area contributed by atoms with Crippen molar-refractivity contribution in [2.75, 3.05) is 49.1 Å². The van der Waals surface area contributed by atoms with Crippen molar-refractivity contribution in [3.8, 4) is 0 Å². The van der Waals surface area contributed by atoms with Crippen LogP contribution in [-0.2, 0) is 9.53 Å². The van der Waals surface area contributed by atoms with Crippen LogP contribution in [0, 0.1) is 5.82 Å². The lowest BCUT2D eigenvalue weighted by Crippen LogP contribution is -2.47. The van der Waals surface area contributed by atoms with Crippen molar-refractivity contribution in [2.24, 2.45) is 0 Å². The summed E-state index contributed by atoms with van der Waals surface area (Å²) in [6.45, 7) is 6.71. The van der Waals surface area contributed by atoms with E-state index in [4.69, 9.17) is 17.0 Å². The summed E-state index contributed by atoms with van der Waals surface area (Å²) in [5.41, 5.74) is 0.961. The number of anilines is 2. The van der Waals surface area contributed by atoms with Crippen LogP contribution in [0.5, 0.6) is 0 Å². The molecule has 2 fully saturated rings. The number of rotatable bonds is 4. The molecule has 1 aromatic carbocycles. The maximum absolute atomic E-state index is 14.7. The van der Waals surface area contributed by atoms with Gasteiger partial charge in [-0.3, -0.25) is 9.69 Å². The molecule has 0 radical (unpaired) electrons. The third-order valence-electron chi connectivity index (χ3n) is 4.76. The molecule has 2 aliphatic rings. The van der Waals surface area contributed by atoms with E-state index >= 15 is 0 Å². The van der Waals surface area contributed by atoms with Gasteiger partial charge in [0.15, 0.2) is 0 Å². The summed E-state index contributed by atoms with van der Waals surface area (Å²) in [5.74, 6) is -0.568. The maximum Gasteiger partial charge on any atom is 0.414 e. The van der Waals surface area contributed by atoms with Crippen LogP contribution in [0.2, 0.25) is 0 Å². The summed E-state index contributed by atoms with van der Waals surface area (Å²) in [4.78, 5) is 29.4. The van der Waals surface area contributed by atoms with Crippen LogP contribution in [0.15, 0.2) is 18.2 Å². The van der Waals surface area contributed by atoms with Crippen molar-refractivity contribution in [1.29, 1.82) is 0 Å². The zero-order chi connectivity index (χ0) is 19.6. The molecule has 0 aromatic heterocycles. The molecule has 146 valence electrons. The monoisotopic (exact) mass is 394 g/mol. The number of amides is 2. The van der Waals surface area contributed by atoms with Gasteiger partial charge in [-0.2, -0.15) is 0 Å². The quantitative estimate of drug-likeness (QED) is 0.785. The highest BCUT2D eigenvalue weighted by Crippen LogP contribution is 2.28. The molecule has 2 amide bonds. The Morgan fingerprint density at radius 3 is 2.59 bits per heavy atom. The fraction of sp³-hybridized carbons (Fsp3) is 0.500. The topological polar surface area (TPSA) is 65.1 Å². The Morgan fingerprint density at radius 2 is 2.00 bits per heavy atom. The number of nitrogens with zero attached hydrogens (tertiary/aromatic N) is 3. The normalized spacial score (nSPS) is 19.9. The van der Waals surface area contributed by atoms with Crippen LogP contribution in [0.3, 0.4) is 0 Å². The number of piperazine rings is 1. The van der Waals surface area contributed by atoms with Gasteiger partial charge >= 0.3 is 6.09 Å². The Kier molecular flexibility index (Phi) is 5.79. The molecule has 2 aliphatic heterocycles. The summed E-state index contributed by atoms with van der Waals surface area (Å²) in [6.07, 6.45) is -0.988. The lowest BCUT2D eigenvalue weighted by molar-refractivity contribution is -0.119. The first-order valence-electron chi connectivity index (χ1n) is 8.87. The molecule has 1 atom stereocenters. The van der Waals surface area contributed by atoms with Crippen LogP contribution in [0.1, 0.15) is 13.8 Å². The van der Waals surface area contributed by atoms with Crippen molar-refractivity contribution < 1.29 is 18.7 Å². The number of thiocarbonyl (C=S) groups is 1. The minimum atomic E-state index is -0.539. The molecule has 0 unspecified atom stereocenters. The van der Waals surface area contributed by atoms with Gasteiger partial charge in [-0.1, -0.05) is 12.2 Å². The largest absolute Gasteiger partial charge is 0.442 e. The molecule has 1 N–H and O–H groups in total. The Hall–Kier alpha value is -2.42. The van der Waals surface area contributed by atoms with Crippen molar-refractivity contribution in [3.63, 3.8) is 0 Å². The summed E-state index contributed by atoms with van der Waals surface area (Å²) in [5, 5.41) is 2.62. The number of benzene rings is 1. The van der Waals surface area contributed by atoms with Gasteiger partial charge in [0.25, 0.3) is 0 Å². The van der Waals surface area contributed by atoms with E-state index in [0.717, 1.165) is 18.1 Å². The second-order valence-electron chi connectivity index (χ2n) is 6.68. The number of carbonyl (C=O) groups excluding carboxylic acids is 2. The second-order valence-corrected chi connectivity index (χ2v) is 7.27. The maximum atomic E-state index is 14.7. The first-order valence-corrected chi connectivity index (χ1v) is 9.28. The number of hydrogen-bond donors (Lipinski definition) is 1. The SMILES string of the molecule is CC(=O)NC[C@H]1CN(c2ccc(N3CCN(C(C)=S)CC3)c(F)c2)C(=O)O1. The predicted octanol–water partition coefficient (Wildman–Crippen LogP) is 1.76. The van der Waals surface area contributed by atoms with Gasteiger partial charge in [0, 0.05) is 33.1 Å². The smallest absolute Gasteiger partial charge is 0.414 e. The summed E-state index contributed by atoms with van der Waals surface area (Å²) in [6, 6.07) is 4.77. The Labute approximate surface area is 163 Å².